The predicted octanol–water partition coefficient (Wildman–Crippen LogP) is 4.35. The third-order valence-electron chi connectivity index (χ3n) is 6.79. The number of likely N-dealkylation sites (tertiary alicyclic amines) is 1. The van der Waals surface area contributed by atoms with Crippen molar-refractivity contribution in [2.75, 3.05) is 27.3 Å². The lowest BCUT2D eigenvalue weighted by Crippen LogP contribution is -2.34. The van der Waals surface area contributed by atoms with Crippen LogP contribution in [0.25, 0.3) is 0 Å². The maximum atomic E-state index is 12.1. The number of benzene rings is 2. The molecule has 1 aliphatic carbocycles. The quantitative estimate of drug-likeness (QED) is 0.737. The molecule has 30 heavy (non-hydrogen) atoms. The summed E-state index contributed by atoms with van der Waals surface area (Å²) in [6.45, 7) is 3.16. The van der Waals surface area contributed by atoms with Crippen molar-refractivity contribution >= 4 is 5.97 Å². The number of fused-ring (bicyclic) bond motifs is 1. The third kappa shape index (κ3) is 4.31. The second-order valence-corrected chi connectivity index (χ2v) is 8.63. The number of ether oxygens (including phenoxy) is 2. The SMILES string of the molecule is COc1cc2c(cc1OC)C(C(=O)O)C(CC1CCN(Cc3ccccc3)CC1)C2. The molecule has 160 valence electrons. The average molecular weight is 410 g/mol. The minimum atomic E-state index is -0.729. The van der Waals surface area contributed by atoms with Crippen LogP contribution in [0, 0.1) is 11.8 Å². The molecule has 0 bridgehead atoms. The summed E-state index contributed by atoms with van der Waals surface area (Å²) in [6, 6.07) is 14.4. The first kappa shape index (κ1) is 20.7. The Morgan fingerprint density at radius 2 is 1.73 bits per heavy atom. The summed E-state index contributed by atoms with van der Waals surface area (Å²) in [4.78, 5) is 14.7. The summed E-state index contributed by atoms with van der Waals surface area (Å²) in [5.41, 5.74) is 3.34. The zero-order valence-corrected chi connectivity index (χ0v) is 17.8. The molecule has 4 rings (SSSR count). The largest absolute Gasteiger partial charge is 0.493 e. The van der Waals surface area contributed by atoms with Crippen LogP contribution in [0.2, 0.25) is 0 Å². The number of aliphatic carboxylic acids is 1. The number of piperidine rings is 1. The highest BCUT2D eigenvalue weighted by Gasteiger charge is 2.40. The van der Waals surface area contributed by atoms with Gasteiger partial charge < -0.3 is 14.6 Å². The topological polar surface area (TPSA) is 59.0 Å². The summed E-state index contributed by atoms with van der Waals surface area (Å²) in [5, 5.41) is 9.98. The number of hydrogen-bond donors (Lipinski definition) is 1. The van der Waals surface area contributed by atoms with Gasteiger partial charge >= 0.3 is 5.97 Å². The van der Waals surface area contributed by atoms with Gasteiger partial charge in [0.2, 0.25) is 0 Å². The first-order valence-electron chi connectivity index (χ1n) is 10.8. The summed E-state index contributed by atoms with van der Waals surface area (Å²) >= 11 is 0. The summed E-state index contributed by atoms with van der Waals surface area (Å²) in [5.74, 6) is 0.823. The lowest BCUT2D eigenvalue weighted by Gasteiger charge is -2.33. The van der Waals surface area contributed by atoms with E-state index in [0.717, 1.165) is 56.4 Å². The molecule has 1 fully saturated rings. The number of carbonyl (C=O) groups is 1. The molecular weight excluding hydrogens is 378 g/mol. The van der Waals surface area contributed by atoms with E-state index in [2.05, 4.69) is 35.2 Å². The fraction of sp³-hybridized carbons (Fsp3) is 0.480. The predicted molar refractivity (Wildman–Crippen MR) is 116 cm³/mol. The zero-order valence-electron chi connectivity index (χ0n) is 17.8. The van der Waals surface area contributed by atoms with Crippen molar-refractivity contribution in [1.82, 2.24) is 4.90 Å². The van der Waals surface area contributed by atoms with E-state index < -0.39 is 11.9 Å². The van der Waals surface area contributed by atoms with Crippen LogP contribution in [-0.2, 0) is 17.8 Å². The lowest BCUT2D eigenvalue weighted by atomic mass is 9.81. The van der Waals surface area contributed by atoms with Crippen molar-refractivity contribution in [2.24, 2.45) is 11.8 Å². The molecule has 2 unspecified atom stereocenters. The molecule has 1 N–H and O–H groups in total. The van der Waals surface area contributed by atoms with Crippen LogP contribution < -0.4 is 9.47 Å². The number of methoxy groups -OCH3 is 2. The van der Waals surface area contributed by atoms with Crippen molar-refractivity contribution in [3.8, 4) is 11.5 Å². The van der Waals surface area contributed by atoms with Crippen molar-refractivity contribution in [3.63, 3.8) is 0 Å². The van der Waals surface area contributed by atoms with Crippen LogP contribution in [0.4, 0.5) is 0 Å². The fourth-order valence-corrected chi connectivity index (χ4v) is 5.26. The van der Waals surface area contributed by atoms with E-state index in [1.807, 2.05) is 12.1 Å². The van der Waals surface area contributed by atoms with Crippen molar-refractivity contribution in [1.29, 1.82) is 0 Å². The van der Waals surface area contributed by atoms with Crippen LogP contribution >= 0.6 is 0 Å². The van der Waals surface area contributed by atoms with Gasteiger partial charge in [0.1, 0.15) is 0 Å². The van der Waals surface area contributed by atoms with E-state index in [4.69, 9.17) is 9.47 Å². The third-order valence-corrected chi connectivity index (χ3v) is 6.79. The fourth-order valence-electron chi connectivity index (χ4n) is 5.26. The second-order valence-electron chi connectivity index (χ2n) is 8.63. The maximum Gasteiger partial charge on any atom is 0.311 e. The van der Waals surface area contributed by atoms with Gasteiger partial charge in [0.25, 0.3) is 0 Å². The first-order valence-corrected chi connectivity index (χ1v) is 10.8. The van der Waals surface area contributed by atoms with Gasteiger partial charge in [0, 0.05) is 6.54 Å². The van der Waals surface area contributed by atoms with Gasteiger partial charge in [-0.05, 0) is 79.4 Å². The van der Waals surface area contributed by atoms with Gasteiger partial charge in [-0.3, -0.25) is 9.69 Å². The molecule has 0 saturated carbocycles. The highest BCUT2D eigenvalue weighted by Crippen LogP contribution is 2.46. The molecule has 1 saturated heterocycles. The number of rotatable bonds is 7. The Morgan fingerprint density at radius 1 is 1.07 bits per heavy atom. The van der Waals surface area contributed by atoms with Gasteiger partial charge in [0.15, 0.2) is 11.5 Å². The molecule has 1 aliphatic heterocycles. The highest BCUT2D eigenvalue weighted by molar-refractivity contribution is 5.79. The second kappa shape index (κ2) is 9.09. The van der Waals surface area contributed by atoms with E-state index in [-0.39, 0.29) is 5.92 Å². The molecule has 0 amide bonds. The average Bonchev–Trinajstić information content (AvgIpc) is 3.11. The Hall–Kier alpha value is -2.53. The Labute approximate surface area is 178 Å². The van der Waals surface area contributed by atoms with E-state index in [0.29, 0.717) is 17.4 Å². The monoisotopic (exact) mass is 409 g/mol. The van der Waals surface area contributed by atoms with Crippen LogP contribution in [0.5, 0.6) is 11.5 Å². The molecule has 1 heterocycles. The molecule has 2 aliphatic rings. The number of hydrogen-bond acceptors (Lipinski definition) is 4. The van der Waals surface area contributed by atoms with Crippen LogP contribution in [0.3, 0.4) is 0 Å². The molecule has 2 aromatic rings. The Kier molecular flexibility index (Phi) is 6.28. The first-order chi connectivity index (χ1) is 14.6. The Bertz CT molecular complexity index is 874. The molecule has 2 atom stereocenters. The van der Waals surface area contributed by atoms with Crippen LogP contribution in [-0.4, -0.2) is 43.3 Å². The molecule has 5 heteroatoms. The number of carboxylic acids is 1. The van der Waals surface area contributed by atoms with Gasteiger partial charge in [-0.15, -0.1) is 0 Å². The smallest absolute Gasteiger partial charge is 0.311 e. The summed E-state index contributed by atoms with van der Waals surface area (Å²) in [7, 11) is 3.21. The van der Waals surface area contributed by atoms with Crippen LogP contribution in [0.1, 0.15) is 41.9 Å². The Balaban J connectivity index is 1.40. The van der Waals surface area contributed by atoms with E-state index >= 15 is 0 Å². The van der Waals surface area contributed by atoms with E-state index in [9.17, 15) is 9.90 Å². The van der Waals surface area contributed by atoms with Crippen molar-refractivity contribution in [3.05, 3.63) is 59.2 Å². The molecule has 5 nitrogen and oxygen atoms in total. The number of nitrogens with zero attached hydrogens (tertiary/aromatic N) is 1. The van der Waals surface area contributed by atoms with Crippen molar-refractivity contribution < 1.29 is 19.4 Å². The zero-order chi connectivity index (χ0) is 21.1. The highest BCUT2D eigenvalue weighted by atomic mass is 16.5. The molecule has 0 radical (unpaired) electrons. The van der Waals surface area contributed by atoms with Gasteiger partial charge in [0.05, 0.1) is 20.1 Å². The standard InChI is InChI=1S/C25H31NO4/c1-29-22-14-19-13-20(24(25(27)28)21(19)15-23(22)30-2)12-17-8-10-26(11-9-17)16-18-6-4-3-5-7-18/h3-7,14-15,17,20,24H,8-13,16H2,1-2H3,(H,27,28). The molecular formula is C25H31NO4. The minimum Gasteiger partial charge on any atom is -0.493 e. The maximum absolute atomic E-state index is 12.1. The summed E-state index contributed by atoms with van der Waals surface area (Å²) < 4.78 is 10.8. The van der Waals surface area contributed by atoms with Gasteiger partial charge in [-0.25, -0.2) is 0 Å². The van der Waals surface area contributed by atoms with Crippen molar-refractivity contribution in [2.45, 2.75) is 38.1 Å². The summed E-state index contributed by atoms with van der Waals surface area (Å²) in [6.07, 6.45) is 4.05. The van der Waals surface area contributed by atoms with Crippen LogP contribution in [0.15, 0.2) is 42.5 Å². The molecule has 0 spiro atoms. The Morgan fingerprint density at radius 3 is 2.37 bits per heavy atom. The number of carboxylic acid groups (broad SMARTS) is 1. The van der Waals surface area contributed by atoms with E-state index in [1.165, 1.54) is 5.56 Å². The molecule has 2 aromatic carbocycles. The molecule has 0 aromatic heterocycles. The minimum absolute atomic E-state index is 0.139. The van der Waals surface area contributed by atoms with Gasteiger partial charge in [-0.2, -0.15) is 0 Å². The normalized spacial score (nSPS) is 21.9. The lowest BCUT2D eigenvalue weighted by molar-refractivity contribution is -0.140. The van der Waals surface area contributed by atoms with Gasteiger partial charge in [-0.1, -0.05) is 30.3 Å². The van der Waals surface area contributed by atoms with E-state index in [1.54, 1.807) is 14.2 Å².